The third-order valence-electron chi connectivity index (χ3n) is 9.52. The molecule has 7 heteroatoms. The molecule has 0 saturated carbocycles. The lowest BCUT2D eigenvalue weighted by Gasteiger charge is -2.33. The molecule has 1 heterocycles. The molecule has 2 aliphatic carbocycles. The normalized spacial score (nSPS) is 19.1. The van der Waals surface area contributed by atoms with E-state index in [4.69, 9.17) is 9.90 Å². The van der Waals surface area contributed by atoms with Crippen molar-refractivity contribution in [3.63, 3.8) is 0 Å². The molecule has 0 spiro atoms. The van der Waals surface area contributed by atoms with Crippen LogP contribution in [0, 0.1) is 10.8 Å². The largest absolute Gasteiger partial charge is 0.542 e. The van der Waals surface area contributed by atoms with Crippen LogP contribution in [0.25, 0.3) is 12.2 Å². The van der Waals surface area contributed by atoms with Gasteiger partial charge in [-0.1, -0.05) is 111 Å². The van der Waals surface area contributed by atoms with Gasteiger partial charge in [0.15, 0.2) is 12.7 Å². The van der Waals surface area contributed by atoms with Gasteiger partial charge in [-0.25, -0.2) is 0 Å². The number of carboxylic acids is 1. The summed E-state index contributed by atoms with van der Waals surface area (Å²) >= 11 is 0. The van der Waals surface area contributed by atoms with Gasteiger partial charge in [-0.15, -0.1) is 0 Å². The monoisotopic (exact) mass is 705 g/mol. The van der Waals surface area contributed by atoms with Crippen molar-refractivity contribution >= 4 is 18.1 Å². The van der Waals surface area contributed by atoms with Gasteiger partial charge in [-0.3, -0.25) is 0 Å². The summed E-state index contributed by atoms with van der Waals surface area (Å²) in [5.74, 6) is -3.01. The summed E-state index contributed by atoms with van der Waals surface area (Å²) < 4.78 is 33.7. The standard InChI is InChI=1S/C42H58NO.C2HF3O2/c1-32(20-22-39-35(4)17-12-25-41(39,6)7)14-10-16-34(3)30-38-31-37(24-27-43(38)28-29-44)19-11-15-33(2)21-23-40-36(5)18-13-26-42(40,8)9;3-2(4,5)1(6)7/h10-11,14-16,19-24,27,30-31,44H,12-13,17-18,25-26,28-29H2,1-9H3;(H,6,7)/q+1;/p-1/b16-10+,19-11+,22-20+,23-21+,32-14+,33-15+,34-30+;. The quantitative estimate of drug-likeness (QED) is 0.184. The Hall–Kier alpha value is -3.97. The van der Waals surface area contributed by atoms with Crippen molar-refractivity contribution in [2.45, 2.75) is 114 Å². The summed E-state index contributed by atoms with van der Waals surface area (Å²) in [6, 6.07) is 4.29. The van der Waals surface area contributed by atoms with E-state index in [0.29, 0.717) is 6.54 Å². The highest BCUT2D eigenvalue weighted by Crippen LogP contribution is 2.41. The van der Waals surface area contributed by atoms with Crippen LogP contribution in [0.1, 0.15) is 112 Å². The Balaban J connectivity index is 0.00000116. The Kier molecular flexibility index (Phi) is 16.6. The molecule has 0 saturated heterocycles. The Morgan fingerprint density at radius 2 is 1.33 bits per heavy atom. The van der Waals surface area contributed by atoms with Gasteiger partial charge in [0.2, 0.25) is 5.69 Å². The molecule has 0 aliphatic heterocycles. The van der Waals surface area contributed by atoms with E-state index in [1.165, 1.54) is 72.0 Å². The summed E-state index contributed by atoms with van der Waals surface area (Å²) in [4.78, 5) is 8.78. The van der Waals surface area contributed by atoms with Crippen molar-refractivity contribution in [3.05, 3.63) is 123 Å². The average Bonchev–Trinajstić information content (AvgIpc) is 3.01. The van der Waals surface area contributed by atoms with Gasteiger partial charge in [0.1, 0.15) is 12.6 Å². The predicted molar refractivity (Wildman–Crippen MR) is 203 cm³/mol. The zero-order valence-electron chi connectivity index (χ0n) is 32.1. The van der Waals surface area contributed by atoms with E-state index in [1.807, 2.05) is 0 Å². The van der Waals surface area contributed by atoms with Crippen molar-refractivity contribution in [2.75, 3.05) is 6.61 Å². The molecule has 0 bridgehead atoms. The fourth-order valence-electron chi connectivity index (χ4n) is 6.61. The van der Waals surface area contributed by atoms with Crippen molar-refractivity contribution < 1.29 is 32.7 Å². The Labute approximate surface area is 304 Å². The van der Waals surface area contributed by atoms with Crippen LogP contribution in [-0.4, -0.2) is 23.9 Å². The molecular weight excluding hydrogens is 647 g/mol. The predicted octanol–water partition coefficient (Wildman–Crippen LogP) is 10.3. The summed E-state index contributed by atoms with van der Waals surface area (Å²) in [5, 5.41) is 18.4. The lowest BCUT2D eigenvalue weighted by Crippen LogP contribution is -2.38. The molecule has 0 atom stereocenters. The van der Waals surface area contributed by atoms with E-state index < -0.39 is 12.1 Å². The first-order chi connectivity index (χ1) is 23.8. The second kappa shape index (κ2) is 19.6. The summed E-state index contributed by atoms with van der Waals surface area (Å²) in [6.45, 7) is 21.2. The van der Waals surface area contributed by atoms with Gasteiger partial charge in [0.05, 0.1) is 0 Å². The molecule has 4 nitrogen and oxygen atoms in total. The number of aliphatic hydroxyl groups excluding tert-OH is 1. The Bertz CT molecular complexity index is 1650. The van der Waals surface area contributed by atoms with Crippen LogP contribution in [-0.2, 0) is 11.3 Å². The lowest BCUT2D eigenvalue weighted by molar-refractivity contribution is -0.699. The molecule has 0 radical (unpaired) electrons. The van der Waals surface area contributed by atoms with Crippen LogP contribution >= 0.6 is 0 Å². The van der Waals surface area contributed by atoms with E-state index in [2.05, 4.69) is 152 Å². The van der Waals surface area contributed by atoms with E-state index in [-0.39, 0.29) is 17.4 Å². The third-order valence-corrected chi connectivity index (χ3v) is 9.52. The third kappa shape index (κ3) is 14.7. The van der Waals surface area contributed by atoms with E-state index in [1.54, 1.807) is 0 Å². The van der Waals surface area contributed by atoms with E-state index in [9.17, 15) is 18.3 Å². The minimum Gasteiger partial charge on any atom is -0.542 e. The smallest absolute Gasteiger partial charge is 0.430 e. The highest BCUT2D eigenvalue weighted by molar-refractivity contribution is 5.70. The average molecular weight is 706 g/mol. The van der Waals surface area contributed by atoms with Crippen molar-refractivity contribution in [2.24, 2.45) is 10.8 Å². The molecule has 0 unspecified atom stereocenters. The summed E-state index contributed by atoms with van der Waals surface area (Å²) in [5.41, 5.74) is 12.4. The molecule has 3 rings (SSSR count). The number of aliphatic carboxylic acids is 1. The molecule has 0 aromatic carbocycles. The fraction of sp³-hybridized carbons (Fsp3) is 0.455. The summed E-state index contributed by atoms with van der Waals surface area (Å²) in [6.07, 6.45) is 28.7. The second-order valence-corrected chi connectivity index (χ2v) is 15.0. The molecule has 1 aromatic heterocycles. The molecule has 0 amide bonds. The highest BCUT2D eigenvalue weighted by Gasteiger charge is 2.29. The minimum absolute atomic E-state index is 0.109. The number of aliphatic hydroxyl groups is 1. The number of alkyl halides is 3. The molecule has 51 heavy (non-hydrogen) atoms. The number of carboxylic acid groups (broad SMARTS) is 1. The number of hydrogen-bond acceptors (Lipinski definition) is 3. The zero-order valence-corrected chi connectivity index (χ0v) is 32.1. The van der Waals surface area contributed by atoms with Gasteiger partial charge < -0.3 is 15.0 Å². The van der Waals surface area contributed by atoms with Crippen molar-refractivity contribution in [3.8, 4) is 0 Å². The topological polar surface area (TPSA) is 64.2 Å². The lowest BCUT2D eigenvalue weighted by atomic mass is 9.72. The molecule has 0 fully saturated rings. The van der Waals surface area contributed by atoms with Crippen LogP contribution in [0.4, 0.5) is 13.2 Å². The van der Waals surface area contributed by atoms with Gasteiger partial charge in [0.25, 0.3) is 0 Å². The first kappa shape index (κ1) is 43.2. The minimum atomic E-state index is -5.19. The number of rotatable bonds is 11. The van der Waals surface area contributed by atoms with Crippen LogP contribution in [0.15, 0.2) is 112 Å². The second-order valence-electron chi connectivity index (χ2n) is 15.0. The number of hydrogen-bond donors (Lipinski definition) is 1. The van der Waals surface area contributed by atoms with Crippen molar-refractivity contribution in [1.82, 2.24) is 0 Å². The van der Waals surface area contributed by atoms with Crippen LogP contribution in [0.2, 0.25) is 0 Å². The number of carbonyl (C=O) groups excluding carboxylic acids is 1. The van der Waals surface area contributed by atoms with Gasteiger partial charge >= 0.3 is 6.18 Å². The van der Waals surface area contributed by atoms with Crippen LogP contribution < -0.4 is 9.67 Å². The zero-order chi connectivity index (χ0) is 38.4. The number of halogens is 3. The van der Waals surface area contributed by atoms with Gasteiger partial charge in [-0.2, -0.15) is 17.7 Å². The number of carbonyl (C=O) groups is 1. The maximum Gasteiger partial charge on any atom is 0.430 e. The van der Waals surface area contributed by atoms with Gasteiger partial charge in [-0.05, 0) is 106 Å². The fourth-order valence-corrected chi connectivity index (χ4v) is 6.61. The molecular formula is C44H58F3NO3. The molecule has 2 aliphatic rings. The molecule has 1 N–H and O–H groups in total. The number of pyridine rings is 1. The van der Waals surface area contributed by atoms with Gasteiger partial charge in [0, 0.05) is 18.2 Å². The number of allylic oxidation sites excluding steroid dienone is 16. The SMILES string of the molecule is CC1=C(/C=C/C(C)=C/C=C/C(C)=C/c2cc(/C=C/C=C(C)/C=C/C3=C(C)CCCC3(C)C)cc[n+]2CCO)C(C)(C)CCC1.O=C([O-])C(F)(F)F. The van der Waals surface area contributed by atoms with Crippen molar-refractivity contribution in [1.29, 1.82) is 0 Å². The van der Waals surface area contributed by atoms with E-state index >= 15 is 0 Å². The maximum atomic E-state index is 10.5. The first-order valence-electron chi connectivity index (χ1n) is 17.8. The number of aromatic nitrogens is 1. The first-order valence-corrected chi connectivity index (χ1v) is 17.8. The maximum absolute atomic E-state index is 10.5. The van der Waals surface area contributed by atoms with E-state index in [0.717, 1.165) is 16.8 Å². The Morgan fingerprint density at radius 3 is 1.78 bits per heavy atom. The Morgan fingerprint density at radius 1 is 0.843 bits per heavy atom. The highest BCUT2D eigenvalue weighted by atomic mass is 19.4. The molecule has 1 aromatic rings. The summed E-state index contributed by atoms with van der Waals surface area (Å²) in [7, 11) is 0. The number of nitrogens with zero attached hydrogens (tertiary/aromatic N) is 1. The van der Waals surface area contributed by atoms with Crippen LogP contribution in [0.5, 0.6) is 0 Å². The molecule has 278 valence electrons. The van der Waals surface area contributed by atoms with Crippen LogP contribution in [0.3, 0.4) is 0 Å².